The molecular weight excluding hydrogens is 264 g/mol. The highest BCUT2D eigenvalue weighted by Gasteiger charge is 2.06. The smallest absolute Gasteiger partial charge is 0.230 e. The molecule has 0 aliphatic rings. The van der Waals surface area contributed by atoms with Crippen LogP contribution in [0.4, 0.5) is 5.69 Å². The monoisotopic (exact) mass is 278 g/mol. The van der Waals surface area contributed by atoms with Gasteiger partial charge in [0.25, 0.3) is 0 Å². The molecule has 0 bridgehead atoms. The van der Waals surface area contributed by atoms with E-state index in [9.17, 15) is 9.90 Å². The zero-order chi connectivity index (χ0) is 14.7. The zero-order valence-electron chi connectivity index (χ0n) is 11.3. The zero-order valence-corrected chi connectivity index (χ0v) is 11.3. The van der Waals surface area contributed by atoms with Crippen molar-refractivity contribution in [3.8, 4) is 5.75 Å². The predicted octanol–water partition coefficient (Wildman–Crippen LogP) is 3.12. The lowest BCUT2D eigenvalue weighted by molar-refractivity contribution is -0.115. The summed E-state index contributed by atoms with van der Waals surface area (Å²) < 4.78 is 0. The fourth-order valence-corrected chi connectivity index (χ4v) is 2.12. The van der Waals surface area contributed by atoms with Gasteiger partial charge in [-0.2, -0.15) is 0 Å². The fourth-order valence-electron chi connectivity index (χ4n) is 2.12. The van der Waals surface area contributed by atoms with E-state index in [1.54, 1.807) is 12.1 Å². The quantitative estimate of drug-likeness (QED) is 0.724. The minimum absolute atomic E-state index is 0.136. The Morgan fingerprint density at radius 1 is 1.00 bits per heavy atom. The van der Waals surface area contributed by atoms with Crippen LogP contribution >= 0.6 is 0 Å². The summed E-state index contributed by atoms with van der Waals surface area (Å²) in [6.45, 7) is 0. The minimum Gasteiger partial charge on any atom is -0.508 e. The van der Waals surface area contributed by atoms with Crippen LogP contribution in [0.5, 0.6) is 5.75 Å². The van der Waals surface area contributed by atoms with Crippen molar-refractivity contribution in [1.82, 2.24) is 4.98 Å². The van der Waals surface area contributed by atoms with Crippen LogP contribution in [-0.4, -0.2) is 16.0 Å². The molecule has 0 saturated heterocycles. The van der Waals surface area contributed by atoms with E-state index in [0.29, 0.717) is 5.69 Å². The van der Waals surface area contributed by atoms with E-state index in [0.717, 1.165) is 16.6 Å². The van der Waals surface area contributed by atoms with Gasteiger partial charge in [0, 0.05) is 11.1 Å². The standard InChI is InChI=1S/C17H14N2O2/c20-15-9-7-13(8-10-15)19-17(21)11-14-6-5-12-3-1-2-4-16(12)18-14/h1-10,20H,11H2,(H,19,21). The summed E-state index contributed by atoms with van der Waals surface area (Å²) in [6, 6.07) is 18.0. The molecule has 0 aliphatic carbocycles. The number of anilines is 1. The molecule has 0 atom stereocenters. The van der Waals surface area contributed by atoms with E-state index in [1.165, 1.54) is 12.1 Å². The number of benzene rings is 2. The normalized spacial score (nSPS) is 10.5. The first-order chi connectivity index (χ1) is 10.2. The Morgan fingerprint density at radius 3 is 2.57 bits per heavy atom. The van der Waals surface area contributed by atoms with E-state index in [2.05, 4.69) is 10.3 Å². The number of pyridine rings is 1. The van der Waals surface area contributed by atoms with E-state index < -0.39 is 0 Å². The molecule has 0 unspecified atom stereocenters. The molecule has 1 heterocycles. The Labute approximate surface area is 122 Å². The van der Waals surface area contributed by atoms with E-state index in [4.69, 9.17) is 0 Å². The van der Waals surface area contributed by atoms with Crippen molar-refractivity contribution in [3.63, 3.8) is 0 Å². The first-order valence-corrected chi connectivity index (χ1v) is 6.64. The van der Waals surface area contributed by atoms with E-state index >= 15 is 0 Å². The number of phenolic OH excluding ortho intramolecular Hbond substituents is 1. The van der Waals surface area contributed by atoms with Crippen molar-refractivity contribution in [3.05, 3.63) is 66.4 Å². The molecule has 3 rings (SSSR count). The number of aromatic nitrogens is 1. The first-order valence-electron chi connectivity index (χ1n) is 6.64. The van der Waals surface area contributed by atoms with Gasteiger partial charge < -0.3 is 10.4 Å². The molecule has 2 aromatic carbocycles. The number of nitrogens with one attached hydrogen (secondary N) is 1. The fraction of sp³-hybridized carbons (Fsp3) is 0.0588. The Kier molecular flexibility index (Phi) is 3.51. The SMILES string of the molecule is O=C(Cc1ccc2ccccc2n1)Nc1ccc(O)cc1. The van der Waals surface area contributed by atoms with Crippen LogP contribution in [-0.2, 0) is 11.2 Å². The van der Waals surface area contributed by atoms with Crippen molar-refractivity contribution in [2.75, 3.05) is 5.32 Å². The van der Waals surface area contributed by atoms with Gasteiger partial charge in [-0.05, 0) is 36.4 Å². The highest BCUT2D eigenvalue weighted by atomic mass is 16.3. The molecule has 21 heavy (non-hydrogen) atoms. The van der Waals surface area contributed by atoms with Crippen LogP contribution in [0.15, 0.2) is 60.7 Å². The van der Waals surface area contributed by atoms with Gasteiger partial charge in [0.1, 0.15) is 5.75 Å². The largest absolute Gasteiger partial charge is 0.508 e. The number of fused-ring (bicyclic) bond motifs is 1. The molecule has 0 fully saturated rings. The Hall–Kier alpha value is -2.88. The maximum absolute atomic E-state index is 12.0. The molecule has 0 spiro atoms. The van der Waals surface area contributed by atoms with Crippen LogP contribution < -0.4 is 5.32 Å². The lowest BCUT2D eigenvalue weighted by Gasteiger charge is -2.06. The molecule has 1 amide bonds. The number of amides is 1. The third kappa shape index (κ3) is 3.17. The number of aromatic hydroxyl groups is 1. The Morgan fingerprint density at radius 2 is 1.76 bits per heavy atom. The highest BCUT2D eigenvalue weighted by Crippen LogP contribution is 2.15. The van der Waals surface area contributed by atoms with Crippen LogP contribution in [0.2, 0.25) is 0 Å². The van der Waals surface area contributed by atoms with E-state index in [1.807, 2.05) is 36.4 Å². The lowest BCUT2D eigenvalue weighted by atomic mass is 10.2. The second-order valence-corrected chi connectivity index (χ2v) is 4.77. The molecule has 104 valence electrons. The molecule has 0 saturated carbocycles. The second kappa shape index (κ2) is 5.63. The van der Waals surface area contributed by atoms with Crippen LogP contribution in [0, 0.1) is 0 Å². The molecule has 3 aromatic rings. The molecule has 0 radical (unpaired) electrons. The summed E-state index contributed by atoms with van der Waals surface area (Å²) >= 11 is 0. The summed E-state index contributed by atoms with van der Waals surface area (Å²) in [5.41, 5.74) is 2.26. The summed E-state index contributed by atoms with van der Waals surface area (Å²) in [6.07, 6.45) is 0.214. The van der Waals surface area contributed by atoms with Gasteiger partial charge in [0.05, 0.1) is 17.6 Å². The van der Waals surface area contributed by atoms with Gasteiger partial charge in [-0.15, -0.1) is 0 Å². The van der Waals surface area contributed by atoms with E-state index in [-0.39, 0.29) is 18.1 Å². The molecule has 1 aromatic heterocycles. The van der Waals surface area contributed by atoms with Gasteiger partial charge in [0.15, 0.2) is 0 Å². The number of nitrogens with zero attached hydrogens (tertiary/aromatic N) is 1. The van der Waals surface area contributed by atoms with Gasteiger partial charge >= 0.3 is 0 Å². The average molecular weight is 278 g/mol. The van der Waals surface area contributed by atoms with Crippen molar-refractivity contribution in [2.45, 2.75) is 6.42 Å². The topological polar surface area (TPSA) is 62.2 Å². The Balaban J connectivity index is 1.72. The summed E-state index contributed by atoms with van der Waals surface area (Å²) in [5.74, 6) is 0.0349. The van der Waals surface area contributed by atoms with Crippen molar-refractivity contribution in [2.24, 2.45) is 0 Å². The Bertz CT molecular complexity index is 782. The maximum Gasteiger partial charge on any atom is 0.230 e. The maximum atomic E-state index is 12.0. The van der Waals surface area contributed by atoms with Gasteiger partial charge in [0.2, 0.25) is 5.91 Å². The van der Waals surface area contributed by atoms with Crippen molar-refractivity contribution in [1.29, 1.82) is 0 Å². The number of hydrogen-bond acceptors (Lipinski definition) is 3. The molecular formula is C17H14N2O2. The number of hydrogen-bond donors (Lipinski definition) is 2. The molecule has 4 heteroatoms. The number of carbonyl (C=O) groups is 1. The van der Waals surface area contributed by atoms with Gasteiger partial charge in [-0.25, -0.2) is 0 Å². The second-order valence-electron chi connectivity index (χ2n) is 4.77. The third-order valence-corrected chi connectivity index (χ3v) is 3.15. The summed E-state index contributed by atoms with van der Waals surface area (Å²) in [4.78, 5) is 16.5. The van der Waals surface area contributed by atoms with Gasteiger partial charge in [-0.1, -0.05) is 24.3 Å². The summed E-state index contributed by atoms with van der Waals surface area (Å²) in [5, 5.41) is 13.0. The number of para-hydroxylation sites is 1. The predicted molar refractivity (Wildman–Crippen MR) is 82.2 cm³/mol. The third-order valence-electron chi connectivity index (χ3n) is 3.15. The lowest BCUT2D eigenvalue weighted by Crippen LogP contribution is -2.15. The van der Waals surface area contributed by atoms with Crippen molar-refractivity contribution >= 4 is 22.5 Å². The van der Waals surface area contributed by atoms with Crippen LogP contribution in [0.25, 0.3) is 10.9 Å². The van der Waals surface area contributed by atoms with Gasteiger partial charge in [-0.3, -0.25) is 9.78 Å². The summed E-state index contributed by atoms with van der Waals surface area (Å²) in [7, 11) is 0. The molecule has 2 N–H and O–H groups in total. The average Bonchev–Trinajstić information content (AvgIpc) is 2.49. The molecule has 0 aliphatic heterocycles. The highest BCUT2D eigenvalue weighted by molar-refractivity contribution is 5.92. The van der Waals surface area contributed by atoms with Crippen LogP contribution in [0.3, 0.4) is 0 Å². The number of phenols is 1. The number of rotatable bonds is 3. The van der Waals surface area contributed by atoms with Crippen molar-refractivity contribution < 1.29 is 9.90 Å². The molecule has 4 nitrogen and oxygen atoms in total. The number of carbonyl (C=O) groups excluding carboxylic acids is 1. The minimum atomic E-state index is -0.136. The van der Waals surface area contributed by atoms with Crippen LogP contribution in [0.1, 0.15) is 5.69 Å². The first kappa shape index (κ1) is 13.1.